The second-order valence-corrected chi connectivity index (χ2v) is 6.65. The van der Waals surface area contributed by atoms with Gasteiger partial charge in [-0.3, -0.25) is 23.6 Å². The molecule has 9 heteroatoms. The number of urea groups is 1. The standard InChI is InChI=1S/C17H20N4O5/c1-9-6-12(10(2)26-9)17(3)14(23)21(15(24)18-17)8-11-7-13(22)20(5)16(25)19(11)4/h6-7H,8H2,1-5H3,(H,18,24). The largest absolute Gasteiger partial charge is 0.466 e. The van der Waals surface area contributed by atoms with Gasteiger partial charge in [0, 0.05) is 31.4 Å². The highest BCUT2D eigenvalue weighted by atomic mass is 16.3. The number of hydrogen-bond acceptors (Lipinski definition) is 5. The summed E-state index contributed by atoms with van der Waals surface area (Å²) in [4.78, 5) is 50.3. The zero-order chi connectivity index (χ0) is 19.4. The highest BCUT2D eigenvalue weighted by Crippen LogP contribution is 2.33. The van der Waals surface area contributed by atoms with Gasteiger partial charge >= 0.3 is 11.7 Å². The number of furan rings is 1. The molecule has 3 amide bonds. The Morgan fingerprint density at radius 1 is 1.08 bits per heavy atom. The van der Waals surface area contributed by atoms with Crippen LogP contribution >= 0.6 is 0 Å². The third-order valence-corrected chi connectivity index (χ3v) is 4.80. The summed E-state index contributed by atoms with van der Waals surface area (Å²) >= 11 is 0. The maximum Gasteiger partial charge on any atom is 0.330 e. The van der Waals surface area contributed by atoms with Crippen molar-refractivity contribution in [3.8, 4) is 0 Å². The zero-order valence-electron chi connectivity index (χ0n) is 15.2. The van der Waals surface area contributed by atoms with E-state index in [0.717, 1.165) is 9.47 Å². The second-order valence-electron chi connectivity index (χ2n) is 6.65. The number of aryl methyl sites for hydroxylation is 2. The van der Waals surface area contributed by atoms with E-state index < -0.39 is 28.7 Å². The first-order valence-electron chi connectivity index (χ1n) is 8.04. The summed E-state index contributed by atoms with van der Waals surface area (Å²) in [7, 11) is 2.85. The first-order valence-corrected chi connectivity index (χ1v) is 8.04. The quantitative estimate of drug-likeness (QED) is 0.790. The third kappa shape index (κ3) is 2.47. The number of carbonyl (C=O) groups is 2. The monoisotopic (exact) mass is 360 g/mol. The van der Waals surface area contributed by atoms with E-state index >= 15 is 0 Å². The molecular weight excluding hydrogens is 340 g/mol. The zero-order valence-corrected chi connectivity index (χ0v) is 15.2. The molecule has 2 aromatic rings. The summed E-state index contributed by atoms with van der Waals surface area (Å²) in [6, 6.07) is 2.36. The van der Waals surface area contributed by atoms with Gasteiger partial charge in [-0.05, 0) is 26.8 Å². The molecule has 1 fully saturated rings. The lowest BCUT2D eigenvalue weighted by molar-refractivity contribution is -0.131. The predicted octanol–water partition coefficient (Wildman–Crippen LogP) is 0.261. The molecule has 3 rings (SSSR count). The van der Waals surface area contributed by atoms with Crippen molar-refractivity contribution in [3.05, 3.63) is 55.7 Å². The lowest BCUT2D eigenvalue weighted by Gasteiger charge is -2.21. The van der Waals surface area contributed by atoms with Crippen molar-refractivity contribution >= 4 is 11.9 Å². The Morgan fingerprint density at radius 2 is 1.73 bits per heavy atom. The van der Waals surface area contributed by atoms with E-state index in [-0.39, 0.29) is 12.2 Å². The molecule has 1 aliphatic heterocycles. The van der Waals surface area contributed by atoms with Crippen molar-refractivity contribution in [2.45, 2.75) is 32.9 Å². The molecular formula is C17H20N4O5. The fourth-order valence-electron chi connectivity index (χ4n) is 3.24. The Morgan fingerprint density at radius 3 is 2.31 bits per heavy atom. The number of rotatable bonds is 3. The summed E-state index contributed by atoms with van der Waals surface area (Å²) in [5, 5.41) is 2.69. The van der Waals surface area contributed by atoms with Gasteiger partial charge in [-0.2, -0.15) is 0 Å². The van der Waals surface area contributed by atoms with Crippen molar-refractivity contribution < 1.29 is 14.0 Å². The van der Waals surface area contributed by atoms with Crippen LogP contribution < -0.4 is 16.6 Å². The van der Waals surface area contributed by atoms with Crippen LogP contribution in [0.5, 0.6) is 0 Å². The average molecular weight is 360 g/mol. The minimum Gasteiger partial charge on any atom is -0.466 e. The molecule has 0 radical (unpaired) electrons. The van der Waals surface area contributed by atoms with Crippen LogP contribution in [0.3, 0.4) is 0 Å². The lowest BCUT2D eigenvalue weighted by atomic mass is 9.92. The maximum atomic E-state index is 13.0. The molecule has 0 saturated carbocycles. The van der Waals surface area contributed by atoms with E-state index in [2.05, 4.69) is 5.32 Å². The molecule has 0 spiro atoms. The van der Waals surface area contributed by atoms with Gasteiger partial charge in [0.15, 0.2) is 0 Å². The molecule has 3 heterocycles. The first-order chi connectivity index (χ1) is 12.1. The topological polar surface area (TPSA) is 107 Å². The van der Waals surface area contributed by atoms with Gasteiger partial charge in [-0.25, -0.2) is 9.59 Å². The van der Waals surface area contributed by atoms with Crippen molar-refractivity contribution in [2.75, 3.05) is 0 Å². The number of hydrogen-bond donors (Lipinski definition) is 1. The van der Waals surface area contributed by atoms with E-state index in [4.69, 9.17) is 4.42 Å². The van der Waals surface area contributed by atoms with Gasteiger partial charge in [0.05, 0.1) is 6.54 Å². The van der Waals surface area contributed by atoms with E-state index in [1.165, 1.54) is 24.7 Å². The Balaban J connectivity index is 2.00. The summed E-state index contributed by atoms with van der Waals surface area (Å²) in [5.41, 5.74) is -1.44. The molecule has 1 atom stereocenters. The molecule has 1 N–H and O–H groups in total. The molecule has 9 nitrogen and oxygen atoms in total. The summed E-state index contributed by atoms with van der Waals surface area (Å²) in [5.74, 6) is 0.703. The third-order valence-electron chi connectivity index (χ3n) is 4.80. The minimum atomic E-state index is -1.27. The number of amides is 3. The molecule has 26 heavy (non-hydrogen) atoms. The molecule has 1 aliphatic rings. The van der Waals surface area contributed by atoms with Crippen LogP contribution in [0.15, 0.2) is 26.1 Å². The Bertz CT molecular complexity index is 1040. The van der Waals surface area contributed by atoms with Gasteiger partial charge < -0.3 is 9.73 Å². The van der Waals surface area contributed by atoms with Crippen LogP contribution in [0.25, 0.3) is 0 Å². The molecule has 1 unspecified atom stereocenters. The molecule has 138 valence electrons. The highest BCUT2D eigenvalue weighted by molar-refractivity contribution is 6.07. The molecule has 0 aliphatic carbocycles. The molecule has 2 aromatic heterocycles. The Hall–Kier alpha value is -3.10. The van der Waals surface area contributed by atoms with Crippen molar-refractivity contribution in [2.24, 2.45) is 14.1 Å². The van der Waals surface area contributed by atoms with Gasteiger partial charge in [0.25, 0.3) is 11.5 Å². The average Bonchev–Trinajstić information content (AvgIpc) is 3.02. The molecule has 0 bridgehead atoms. The van der Waals surface area contributed by atoms with E-state index in [9.17, 15) is 19.2 Å². The molecule has 0 aromatic carbocycles. The van der Waals surface area contributed by atoms with Gasteiger partial charge in [-0.1, -0.05) is 0 Å². The summed E-state index contributed by atoms with van der Waals surface area (Å²) in [6.45, 7) is 4.90. The van der Waals surface area contributed by atoms with Gasteiger partial charge in [0.1, 0.15) is 17.1 Å². The highest BCUT2D eigenvalue weighted by Gasteiger charge is 2.50. The van der Waals surface area contributed by atoms with Crippen LogP contribution in [-0.2, 0) is 31.0 Å². The number of nitrogens with one attached hydrogen (secondary N) is 1. The minimum absolute atomic E-state index is 0.183. The number of aromatic nitrogens is 2. The summed E-state index contributed by atoms with van der Waals surface area (Å²) in [6.07, 6.45) is 0. The SMILES string of the molecule is Cc1cc(C2(C)NC(=O)N(Cc3cc(=O)n(C)c(=O)n3C)C2=O)c(C)o1. The van der Waals surface area contributed by atoms with Gasteiger partial charge in [0.2, 0.25) is 0 Å². The van der Waals surface area contributed by atoms with E-state index in [0.29, 0.717) is 17.1 Å². The van der Waals surface area contributed by atoms with Crippen LogP contribution in [-0.4, -0.2) is 26.0 Å². The van der Waals surface area contributed by atoms with Gasteiger partial charge in [-0.15, -0.1) is 0 Å². The van der Waals surface area contributed by atoms with Crippen LogP contribution in [0.1, 0.15) is 29.7 Å². The van der Waals surface area contributed by atoms with Crippen molar-refractivity contribution in [3.63, 3.8) is 0 Å². The van der Waals surface area contributed by atoms with Crippen LogP contribution in [0, 0.1) is 13.8 Å². The normalized spacial score (nSPS) is 20.0. The summed E-state index contributed by atoms with van der Waals surface area (Å²) < 4.78 is 7.68. The number of carbonyl (C=O) groups excluding carboxylic acids is 2. The van der Waals surface area contributed by atoms with Crippen LogP contribution in [0.2, 0.25) is 0 Å². The first kappa shape index (κ1) is 17.7. The molecule has 1 saturated heterocycles. The fraction of sp³-hybridized carbons (Fsp3) is 0.412. The second kappa shape index (κ2) is 5.72. The van der Waals surface area contributed by atoms with Crippen LogP contribution in [0.4, 0.5) is 4.79 Å². The van der Waals surface area contributed by atoms with Crippen molar-refractivity contribution in [1.29, 1.82) is 0 Å². The fourth-order valence-corrected chi connectivity index (χ4v) is 3.24. The Kier molecular flexibility index (Phi) is 3.90. The van der Waals surface area contributed by atoms with E-state index in [1.54, 1.807) is 26.8 Å². The number of nitrogens with zero attached hydrogens (tertiary/aromatic N) is 3. The smallest absolute Gasteiger partial charge is 0.330 e. The lowest BCUT2D eigenvalue weighted by Crippen LogP contribution is -2.42. The predicted molar refractivity (Wildman–Crippen MR) is 91.5 cm³/mol. The number of imide groups is 1. The van der Waals surface area contributed by atoms with Crippen molar-refractivity contribution in [1.82, 2.24) is 19.4 Å². The maximum absolute atomic E-state index is 13.0. The van der Waals surface area contributed by atoms with E-state index in [1.807, 2.05) is 0 Å². The Labute approximate surface area is 148 Å².